The Kier molecular flexibility index (Phi) is 4.69. The van der Waals surface area contributed by atoms with E-state index in [0.29, 0.717) is 11.3 Å². The maximum Gasteiger partial charge on any atom is 0.255 e. The average molecular weight is 312 g/mol. The molecular weight excluding hydrogens is 294 g/mol. The molecule has 2 aromatic rings. The summed E-state index contributed by atoms with van der Waals surface area (Å²) in [7, 11) is 0. The zero-order chi connectivity index (χ0) is 17.0. The van der Waals surface area contributed by atoms with Gasteiger partial charge in [-0.25, -0.2) is 0 Å². The molecule has 0 atom stereocenters. The van der Waals surface area contributed by atoms with E-state index in [2.05, 4.69) is 26.1 Å². The SMILES string of the molecule is CC(C)(C)c1ccc(C(=O)N/C(=C/c2ccco2)C(=O)[O-])cc1. The van der Waals surface area contributed by atoms with Crippen molar-refractivity contribution >= 4 is 18.0 Å². The summed E-state index contributed by atoms with van der Waals surface area (Å²) in [5.74, 6) is -1.69. The van der Waals surface area contributed by atoms with Gasteiger partial charge >= 0.3 is 0 Å². The first-order valence-electron chi connectivity index (χ1n) is 7.16. The van der Waals surface area contributed by atoms with E-state index in [0.717, 1.165) is 5.56 Å². The van der Waals surface area contributed by atoms with Crippen LogP contribution in [0.5, 0.6) is 0 Å². The van der Waals surface area contributed by atoms with Gasteiger partial charge in [0, 0.05) is 11.6 Å². The van der Waals surface area contributed by atoms with Gasteiger partial charge in [0.15, 0.2) is 0 Å². The lowest BCUT2D eigenvalue weighted by Gasteiger charge is -2.19. The highest BCUT2D eigenvalue weighted by atomic mass is 16.4. The number of aliphatic carboxylic acids is 1. The molecule has 0 saturated heterocycles. The van der Waals surface area contributed by atoms with Gasteiger partial charge in [-0.05, 0) is 35.2 Å². The van der Waals surface area contributed by atoms with Gasteiger partial charge < -0.3 is 19.6 Å². The normalized spacial score (nSPS) is 12.0. The van der Waals surface area contributed by atoms with Gasteiger partial charge in [-0.1, -0.05) is 32.9 Å². The summed E-state index contributed by atoms with van der Waals surface area (Å²) in [4.78, 5) is 23.3. The van der Waals surface area contributed by atoms with Gasteiger partial charge in [-0.3, -0.25) is 4.79 Å². The van der Waals surface area contributed by atoms with Crippen molar-refractivity contribution in [2.75, 3.05) is 0 Å². The Hall–Kier alpha value is -2.82. The molecule has 1 N–H and O–H groups in total. The zero-order valence-corrected chi connectivity index (χ0v) is 13.3. The van der Waals surface area contributed by atoms with Crippen LogP contribution >= 0.6 is 0 Å². The van der Waals surface area contributed by atoms with Crippen LogP contribution in [0.4, 0.5) is 0 Å². The first-order valence-corrected chi connectivity index (χ1v) is 7.16. The largest absolute Gasteiger partial charge is 0.543 e. The molecule has 1 aromatic carbocycles. The minimum Gasteiger partial charge on any atom is -0.543 e. The predicted octanol–water partition coefficient (Wildman–Crippen LogP) is 2.10. The van der Waals surface area contributed by atoms with E-state index < -0.39 is 11.9 Å². The highest BCUT2D eigenvalue weighted by Gasteiger charge is 2.15. The van der Waals surface area contributed by atoms with Crippen LogP contribution in [0, 0.1) is 0 Å². The van der Waals surface area contributed by atoms with Gasteiger partial charge in [-0.15, -0.1) is 0 Å². The first kappa shape index (κ1) is 16.5. The summed E-state index contributed by atoms with van der Waals surface area (Å²) in [5, 5.41) is 13.5. The number of benzene rings is 1. The van der Waals surface area contributed by atoms with Crippen molar-refractivity contribution in [1.82, 2.24) is 5.32 Å². The van der Waals surface area contributed by atoms with Gasteiger partial charge in [0.05, 0.1) is 17.9 Å². The quantitative estimate of drug-likeness (QED) is 0.876. The van der Waals surface area contributed by atoms with E-state index in [9.17, 15) is 14.7 Å². The molecule has 0 saturated carbocycles. The number of amides is 1. The Morgan fingerprint density at radius 1 is 1.13 bits per heavy atom. The highest BCUT2D eigenvalue weighted by molar-refractivity contribution is 6.02. The molecule has 5 nitrogen and oxygen atoms in total. The van der Waals surface area contributed by atoms with E-state index in [1.165, 1.54) is 12.3 Å². The van der Waals surface area contributed by atoms with Crippen molar-refractivity contribution in [3.63, 3.8) is 0 Å². The summed E-state index contributed by atoms with van der Waals surface area (Å²) in [6.07, 6.45) is 2.61. The first-order chi connectivity index (χ1) is 10.8. The second-order valence-corrected chi connectivity index (χ2v) is 6.14. The molecule has 23 heavy (non-hydrogen) atoms. The zero-order valence-electron chi connectivity index (χ0n) is 13.3. The number of carboxylic acid groups (broad SMARTS) is 1. The summed E-state index contributed by atoms with van der Waals surface area (Å²) in [5.41, 5.74) is 1.07. The molecule has 1 heterocycles. The summed E-state index contributed by atoms with van der Waals surface area (Å²) in [6, 6.07) is 10.2. The van der Waals surface area contributed by atoms with Crippen molar-refractivity contribution in [3.8, 4) is 0 Å². The number of carboxylic acids is 1. The third-order valence-corrected chi connectivity index (χ3v) is 3.31. The number of carbonyl (C=O) groups is 2. The summed E-state index contributed by atoms with van der Waals surface area (Å²) in [6.45, 7) is 6.22. The van der Waals surface area contributed by atoms with Crippen molar-refractivity contribution < 1.29 is 19.1 Å². The Morgan fingerprint density at radius 2 is 1.78 bits per heavy atom. The van der Waals surface area contributed by atoms with E-state index >= 15 is 0 Å². The molecule has 0 aliphatic rings. The molecule has 2 rings (SSSR count). The molecule has 0 unspecified atom stereocenters. The number of carbonyl (C=O) groups excluding carboxylic acids is 2. The van der Waals surface area contributed by atoms with E-state index in [1.807, 2.05) is 12.1 Å². The smallest absolute Gasteiger partial charge is 0.255 e. The highest BCUT2D eigenvalue weighted by Crippen LogP contribution is 2.22. The van der Waals surface area contributed by atoms with Crippen molar-refractivity contribution in [2.24, 2.45) is 0 Å². The van der Waals surface area contributed by atoms with Gasteiger partial charge in [0.1, 0.15) is 5.76 Å². The number of hydrogen-bond donors (Lipinski definition) is 1. The van der Waals surface area contributed by atoms with Crippen LogP contribution in [0.1, 0.15) is 42.5 Å². The molecule has 5 heteroatoms. The maximum absolute atomic E-state index is 12.2. The minimum absolute atomic E-state index is 0.0235. The van der Waals surface area contributed by atoms with Crippen LogP contribution in [0.3, 0.4) is 0 Å². The van der Waals surface area contributed by atoms with Crippen LogP contribution in [-0.2, 0) is 10.2 Å². The lowest BCUT2D eigenvalue weighted by Crippen LogP contribution is -2.35. The maximum atomic E-state index is 12.2. The average Bonchev–Trinajstić information content (AvgIpc) is 2.98. The van der Waals surface area contributed by atoms with Crippen LogP contribution in [0.25, 0.3) is 6.08 Å². The Balaban J connectivity index is 2.18. The third kappa shape index (κ3) is 4.32. The number of furan rings is 1. The molecule has 120 valence electrons. The van der Waals surface area contributed by atoms with Gasteiger partial charge in [-0.2, -0.15) is 0 Å². The fourth-order valence-electron chi connectivity index (χ4n) is 1.98. The van der Waals surface area contributed by atoms with Crippen LogP contribution in [0.2, 0.25) is 0 Å². The fourth-order valence-corrected chi connectivity index (χ4v) is 1.98. The van der Waals surface area contributed by atoms with Crippen molar-refractivity contribution in [2.45, 2.75) is 26.2 Å². The lowest BCUT2D eigenvalue weighted by molar-refractivity contribution is -0.299. The topological polar surface area (TPSA) is 82.4 Å². The molecular formula is C18H18NO4-. The van der Waals surface area contributed by atoms with Gasteiger partial charge in [0.25, 0.3) is 5.91 Å². The molecule has 0 bridgehead atoms. The predicted molar refractivity (Wildman–Crippen MR) is 84.3 cm³/mol. The number of rotatable bonds is 4. The third-order valence-electron chi connectivity index (χ3n) is 3.31. The minimum atomic E-state index is -1.49. The number of nitrogens with one attached hydrogen (secondary N) is 1. The standard InChI is InChI=1S/C18H19NO4/c1-18(2,3)13-8-6-12(7-9-13)16(20)19-15(17(21)22)11-14-5-4-10-23-14/h4-11H,1-3H3,(H,19,20)(H,21,22)/p-1/b15-11+. The second-order valence-electron chi connectivity index (χ2n) is 6.14. The second kappa shape index (κ2) is 6.52. The molecule has 0 radical (unpaired) electrons. The van der Waals surface area contributed by atoms with E-state index in [-0.39, 0.29) is 11.1 Å². The molecule has 0 aliphatic carbocycles. The summed E-state index contributed by atoms with van der Waals surface area (Å²) >= 11 is 0. The Labute approximate surface area is 134 Å². The molecule has 0 aliphatic heterocycles. The van der Waals surface area contributed by atoms with Crippen LogP contribution in [-0.4, -0.2) is 11.9 Å². The molecule has 0 fully saturated rings. The van der Waals surface area contributed by atoms with Crippen LogP contribution < -0.4 is 10.4 Å². The van der Waals surface area contributed by atoms with E-state index in [4.69, 9.17) is 4.42 Å². The molecule has 0 spiro atoms. The monoisotopic (exact) mass is 312 g/mol. The van der Waals surface area contributed by atoms with Crippen molar-refractivity contribution in [1.29, 1.82) is 0 Å². The Bertz CT molecular complexity index is 719. The molecule has 1 aromatic heterocycles. The summed E-state index contributed by atoms with van der Waals surface area (Å²) < 4.78 is 5.04. The molecule has 1 amide bonds. The lowest BCUT2D eigenvalue weighted by atomic mass is 9.87. The fraction of sp³-hybridized carbons (Fsp3) is 0.222. The van der Waals surface area contributed by atoms with Crippen LogP contribution in [0.15, 0.2) is 52.8 Å². The van der Waals surface area contributed by atoms with Crippen molar-refractivity contribution in [3.05, 3.63) is 65.2 Å². The van der Waals surface area contributed by atoms with E-state index in [1.54, 1.807) is 24.3 Å². The Morgan fingerprint density at radius 3 is 2.26 bits per heavy atom. The van der Waals surface area contributed by atoms with Gasteiger partial charge in [0.2, 0.25) is 0 Å². The number of hydrogen-bond acceptors (Lipinski definition) is 4.